The molecule has 2 aromatic heterocycles. The van der Waals surface area contributed by atoms with Gasteiger partial charge in [0, 0.05) is 6.07 Å². The lowest BCUT2D eigenvalue weighted by Gasteiger charge is -2.03. The molecule has 0 radical (unpaired) electrons. The summed E-state index contributed by atoms with van der Waals surface area (Å²) in [5.41, 5.74) is 2.87. The van der Waals surface area contributed by atoms with Crippen LogP contribution in [0.25, 0.3) is 5.65 Å². The molecular weight excluding hydrogens is 264 g/mol. The molecule has 3 aromatic rings. The molecular formula is C17H17N2O2+. The summed E-state index contributed by atoms with van der Waals surface area (Å²) in [5.74, 6) is -0.272. The molecule has 21 heavy (non-hydrogen) atoms. The molecule has 0 aliphatic heterocycles. The number of benzene rings is 1. The Morgan fingerprint density at radius 3 is 2.71 bits per heavy atom. The third kappa shape index (κ3) is 2.79. The van der Waals surface area contributed by atoms with Crippen LogP contribution < -0.4 is 4.57 Å². The molecule has 1 aromatic carbocycles. The van der Waals surface area contributed by atoms with E-state index in [4.69, 9.17) is 4.74 Å². The van der Waals surface area contributed by atoms with Crippen molar-refractivity contribution in [1.82, 2.24) is 4.40 Å². The lowest BCUT2D eigenvalue weighted by molar-refractivity contribution is -0.661. The number of carbonyl (C=O) groups excluding carboxylic acids is 1. The number of aromatic nitrogens is 2. The first-order chi connectivity index (χ1) is 10.3. The van der Waals surface area contributed by atoms with Gasteiger partial charge in [0.1, 0.15) is 18.9 Å². The molecule has 0 saturated carbocycles. The number of rotatable bonds is 4. The van der Waals surface area contributed by atoms with Crippen LogP contribution in [0.4, 0.5) is 0 Å². The third-order valence-corrected chi connectivity index (χ3v) is 3.39. The summed E-state index contributed by atoms with van der Waals surface area (Å²) < 4.78 is 9.23. The molecule has 0 aliphatic rings. The zero-order valence-electron chi connectivity index (χ0n) is 11.9. The van der Waals surface area contributed by atoms with Gasteiger partial charge in [-0.3, -0.25) is 0 Å². The van der Waals surface area contributed by atoms with Crippen molar-refractivity contribution in [2.45, 2.75) is 13.5 Å². The number of ether oxygens (including phenoxy) is 1. The van der Waals surface area contributed by atoms with E-state index in [0.29, 0.717) is 12.2 Å². The van der Waals surface area contributed by atoms with E-state index in [1.54, 1.807) is 6.92 Å². The predicted octanol–water partition coefficient (Wildman–Crippen LogP) is 2.45. The highest BCUT2D eigenvalue weighted by molar-refractivity contribution is 5.89. The molecule has 0 spiro atoms. The van der Waals surface area contributed by atoms with Gasteiger partial charge < -0.3 is 4.74 Å². The quantitative estimate of drug-likeness (QED) is 0.544. The molecule has 2 heterocycles. The Balaban J connectivity index is 1.80. The molecule has 0 aliphatic carbocycles. The monoisotopic (exact) mass is 281 g/mol. The van der Waals surface area contributed by atoms with Crippen molar-refractivity contribution in [3.63, 3.8) is 0 Å². The summed E-state index contributed by atoms with van der Waals surface area (Å²) in [7, 11) is 0. The maximum Gasteiger partial charge on any atom is 0.338 e. The van der Waals surface area contributed by atoms with Crippen LogP contribution >= 0.6 is 0 Å². The number of esters is 1. The summed E-state index contributed by atoms with van der Waals surface area (Å²) in [5, 5.41) is 0. The van der Waals surface area contributed by atoms with Crippen molar-refractivity contribution in [1.29, 1.82) is 0 Å². The summed E-state index contributed by atoms with van der Waals surface area (Å²) in [6.07, 6.45) is 6.10. The zero-order chi connectivity index (χ0) is 14.7. The maximum absolute atomic E-state index is 11.6. The van der Waals surface area contributed by atoms with Gasteiger partial charge in [-0.15, -0.1) is 0 Å². The number of fused-ring (bicyclic) bond motifs is 1. The van der Waals surface area contributed by atoms with Gasteiger partial charge >= 0.3 is 5.97 Å². The lowest BCUT2D eigenvalue weighted by atomic mass is 10.1. The number of carbonyl (C=O) groups is 1. The first-order valence-corrected chi connectivity index (χ1v) is 6.99. The van der Waals surface area contributed by atoms with Crippen molar-refractivity contribution in [3.8, 4) is 0 Å². The molecule has 4 heteroatoms. The highest BCUT2D eigenvalue weighted by atomic mass is 16.5. The Kier molecular flexibility index (Phi) is 3.69. The normalized spacial score (nSPS) is 10.7. The van der Waals surface area contributed by atoms with Gasteiger partial charge in [-0.05, 0) is 30.7 Å². The highest BCUT2D eigenvalue weighted by Gasteiger charge is 2.10. The second-order valence-electron chi connectivity index (χ2n) is 4.81. The van der Waals surface area contributed by atoms with E-state index in [0.717, 1.165) is 17.8 Å². The average Bonchev–Trinajstić information content (AvgIpc) is 2.92. The SMILES string of the molecule is CCOC(=O)c1ccc(C[n+]2ccn3ccccc32)cc1. The number of hydrogen-bond donors (Lipinski definition) is 0. The molecule has 0 bridgehead atoms. The van der Waals surface area contributed by atoms with Crippen LogP contribution in [0.3, 0.4) is 0 Å². The highest BCUT2D eigenvalue weighted by Crippen LogP contribution is 2.07. The van der Waals surface area contributed by atoms with Gasteiger partial charge in [-0.25, -0.2) is 13.8 Å². The Morgan fingerprint density at radius 1 is 1.14 bits per heavy atom. The van der Waals surface area contributed by atoms with E-state index >= 15 is 0 Å². The van der Waals surface area contributed by atoms with Gasteiger partial charge in [0.2, 0.25) is 0 Å². The van der Waals surface area contributed by atoms with E-state index in [1.165, 1.54) is 0 Å². The lowest BCUT2D eigenvalue weighted by Crippen LogP contribution is -2.32. The first kappa shape index (κ1) is 13.4. The fraction of sp³-hybridized carbons (Fsp3) is 0.176. The molecule has 0 fully saturated rings. The second-order valence-corrected chi connectivity index (χ2v) is 4.81. The smallest absolute Gasteiger partial charge is 0.338 e. The molecule has 0 atom stereocenters. The Bertz CT molecular complexity index is 760. The number of imidazole rings is 1. The summed E-state index contributed by atoms with van der Waals surface area (Å²) >= 11 is 0. The number of nitrogens with zero attached hydrogens (tertiary/aromatic N) is 2. The summed E-state index contributed by atoms with van der Waals surface area (Å²) in [6, 6.07) is 13.7. The van der Waals surface area contributed by atoms with Crippen LogP contribution in [0.1, 0.15) is 22.8 Å². The number of pyridine rings is 1. The van der Waals surface area contributed by atoms with Crippen molar-refractivity contribution < 1.29 is 14.1 Å². The standard InChI is InChI=1S/C17H17N2O2/c1-2-21-17(20)15-8-6-14(7-9-15)13-19-12-11-18-10-4-3-5-16(18)19/h3-12H,2,13H2,1H3/q+1. The molecule has 4 nitrogen and oxygen atoms in total. The summed E-state index contributed by atoms with van der Waals surface area (Å²) in [6.45, 7) is 2.97. The maximum atomic E-state index is 11.6. The second kappa shape index (κ2) is 5.79. The van der Waals surface area contributed by atoms with E-state index in [-0.39, 0.29) is 5.97 Å². The molecule has 0 unspecified atom stereocenters. The van der Waals surface area contributed by atoms with Crippen LogP contribution in [0, 0.1) is 0 Å². The topological polar surface area (TPSA) is 34.6 Å². The van der Waals surface area contributed by atoms with E-state index in [1.807, 2.05) is 48.8 Å². The van der Waals surface area contributed by atoms with Crippen LogP contribution in [0.5, 0.6) is 0 Å². The Hall–Kier alpha value is -2.62. The molecule has 0 N–H and O–H groups in total. The molecule has 0 saturated heterocycles. The van der Waals surface area contributed by atoms with Crippen molar-refractivity contribution in [3.05, 3.63) is 72.2 Å². The van der Waals surface area contributed by atoms with E-state index < -0.39 is 0 Å². The zero-order valence-corrected chi connectivity index (χ0v) is 11.9. The largest absolute Gasteiger partial charge is 0.462 e. The minimum atomic E-state index is -0.272. The summed E-state index contributed by atoms with van der Waals surface area (Å²) in [4.78, 5) is 11.6. The average molecular weight is 281 g/mol. The fourth-order valence-electron chi connectivity index (χ4n) is 2.34. The van der Waals surface area contributed by atoms with Crippen LogP contribution in [0.15, 0.2) is 61.1 Å². The molecule has 0 amide bonds. The Morgan fingerprint density at radius 2 is 1.95 bits per heavy atom. The van der Waals surface area contributed by atoms with Crippen LogP contribution in [-0.4, -0.2) is 17.0 Å². The van der Waals surface area contributed by atoms with Gasteiger partial charge in [0.15, 0.2) is 0 Å². The van der Waals surface area contributed by atoms with Gasteiger partial charge in [-0.2, -0.15) is 0 Å². The van der Waals surface area contributed by atoms with Gasteiger partial charge in [-0.1, -0.05) is 18.2 Å². The number of hydrogen-bond acceptors (Lipinski definition) is 2. The fourth-order valence-corrected chi connectivity index (χ4v) is 2.34. The van der Waals surface area contributed by atoms with E-state index in [2.05, 4.69) is 21.2 Å². The molecule has 106 valence electrons. The predicted molar refractivity (Wildman–Crippen MR) is 79.1 cm³/mol. The molecule has 3 rings (SSSR count). The van der Waals surface area contributed by atoms with Crippen molar-refractivity contribution >= 4 is 11.6 Å². The van der Waals surface area contributed by atoms with Crippen molar-refractivity contribution in [2.75, 3.05) is 6.61 Å². The first-order valence-electron chi connectivity index (χ1n) is 6.99. The minimum Gasteiger partial charge on any atom is -0.462 e. The Labute approximate surface area is 123 Å². The van der Waals surface area contributed by atoms with Gasteiger partial charge in [0.25, 0.3) is 5.65 Å². The minimum absolute atomic E-state index is 0.272. The van der Waals surface area contributed by atoms with Crippen molar-refractivity contribution in [2.24, 2.45) is 0 Å². The van der Waals surface area contributed by atoms with E-state index in [9.17, 15) is 4.79 Å². The van der Waals surface area contributed by atoms with Gasteiger partial charge in [0.05, 0.1) is 18.4 Å². The third-order valence-electron chi connectivity index (χ3n) is 3.39. The van der Waals surface area contributed by atoms with Crippen LogP contribution in [0.2, 0.25) is 0 Å². The van der Waals surface area contributed by atoms with Crippen LogP contribution in [-0.2, 0) is 11.3 Å².